The molecule has 0 bridgehead atoms. The summed E-state index contributed by atoms with van der Waals surface area (Å²) in [6.45, 7) is -0.109. The fraction of sp³-hybridized carbons (Fsp3) is 0.889. The third-order valence-electron chi connectivity index (χ3n) is 2.46. The molecule has 0 saturated heterocycles. The molecule has 0 aliphatic rings. The van der Waals surface area contributed by atoms with Gasteiger partial charge in [0.15, 0.2) is 0 Å². The van der Waals surface area contributed by atoms with Gasteiger partial charge < -0.3 is 24.7 Å². The number of carbonyl (C=O) groups excluding carboxylic acids is 1. The van der Waals surface area contributed by atoms with Crippen molar-refractivity contribution >= 4 is 43.6 Å². The van der Waals surface area contributed by atoms with E-state index in [0.29, 0.717) is 0 Å². The molecule has 4 atom stereocenters. The average Bonchev–Trinajstić information content (AvgIpc) is 2.36. The summed E-state index contributed by atoms with van der Waals surface area (Å²) in [7, 11) is -5.35. The summed E-state index contributed by atoms with van der Waals surface area (Å²) in [5.74, 6) is 0. The van der Waals surface area contributed by atoms with Crippen LogP contribution in [-0.4, -0.2) is 104 Å². The molecular weight excluding hydrogens is 342 g/mol. The van der Waals surface area contributed by atoms with Crippen LogP contribution in [0.2, 0.25) is 0 Å². The molecule has 1 amide bonds. The number of halogens is 2. The Kier molecular flexibility index (Phi) is 11.4. The van der Waals surface area contributed by atoms with Crippen LogP contribution >= 0.6 is 7.60 Å². The molecule has 1 unspecified atom stereocenters. The van der Waals surface area contributed by atoms with Crippen molar-refractivity contribution in [1.29, 1.82) is 0 Å². The van der Waals surface area contributed by atoms with E-state index < -0.39 is 51.1 Å². The summed E-state index contributed by atoms with van der Waals surface area (Å²) in [6.07, 6.45) is -8.21. The van der Waals surface area contributed by atoms with Crippen molar-refractivity contribution in [3.05, 3.63) is 0 Å². The van der Waals surface area contributed by atoms with Gasteiger partial charge in [-0.25, -0.2) is 5.06 Å². The molecule has 0 aliphatic carbocycles. The van der Waals surface area contributed by atoms with E-state index in [4.69, 9.17) is 10.1 Å². The van der Waals surface area contributed by atoms with E-state index in [1.165, 1.54) is 6.92 Å². The van der Waals surface area contributed by atoms with Crippen LogP contribution in [0.15, 0.2) is 0 Å². The monoisotopic (exact) mass is 361 g/mol. The van der Waals surface area contributed by atoms with Crippen molar-refractivity contribution in [3.8, 4) is 0 Å². The summed E-state index contributed by atoms with van der Waals surface area (Å²) >= 11 is 0. The molecule has 0 saturated carbocycles. The van der Waals surface area contributed by atoms with Crippen LogP contribution in [0.5, 0.6) is 0 Å². The first-order valence-electron chi connectivity index (χ1n) is 5.78. The van der Waals surface area contributed by atoms with E-state index in [1.54, 1.807) is 0 Å². The molecule has 22 heavy (non-hydrogen) atoms. The van der Waals surface area contributed by atoms with Crippen LogP contribution in [0.3, 0.4) is 0 Å². The fourth-order valence-electron chi connectivity index (χ4n) is 1.36. The zero-order valence-corrected chi connectivity index (χ0v) is 11.9. The number of hydroxylamine groups is 2. The van der Waals surface area contributed by atoms with Crippen molar-refractivity contribution in [2.24, 2.45) is 0 Å². The van der Waals surface area contributed by atoms with E-state index in [9.17, 15) is 33.5 Å². The van der Waals surface area contributed by atoms with Gasteiger partial charge in [-0.3, -0.25) is 14.6 Å². The Morgan fingerprint density at radius 3 is 2.23 bits per heavy atom. The average molecular weight is 361 g/mol. The number of alkyl halides is 2. The first-order chi connectivity index (χ1) is 9.48. The van der Waals surface area contributed by atoms with Crippen molar-refractivity contribution in [2.75, 3.05) is 13.2 Å². The third kappa shape index (κ3) is 7.26. The predicted octanol–water partition coefficient (Wildman–Crippen LogP) is -1.53. The Balaban J connectivity index is 0. The van der Waals surface area contributed by atoms with Gasteiger partial charge in [-0.15, -0.1) is 0 Å². The second kappa shape index (κ2) is 10.2. The van der Waals surface area contributed by atoms with E-state index in [0.717, 1.165) is 0 Å². The molecule has 5 N–H and O–H groups in total. The van der Waals surface area contributed by atoms with E-state index in [1.807, 2.05) is 0 Å². The number of hydrogen-bond acceptors (Lipinski definition) is 7. The Labute approximate surface area is 147 Å². The molecule has 0 aromatic rings. The number of rotatable bonds is 10. The van der Waals surface area contributed by atoms with Crippen LogP contribution < -0.4 is 0 Å². The van der Waals surface area contributed by atoms with Gasteiger partial charge in [-0.1, -0.05) is 0 Å². The van der Waals surface area contributed by atoms with Crippen molar-refractivity contribution < 1.29 is 48.1 Å². The Hall–Kier alpha value is 0.320. The second-order valence-electron chi connectivity index (χ2n) is 4.16. The maximum atomic E-state index is 13.5. The summed E-state index contributed by atoms with van der Waals surface area (Å²) < 4.78 is 42.2. The number of carbonyl (C=O) groups is 1. The van der Waals surface area contributed by atoms with Crippen LogP contribution in [0, 0.1) is 0 Å². The quantitative estimate of drug-likeness (QED) is 0.104. The summed E-state index contributed by atoms with van der Waals surface area (Å²) in [6, 6.07) is 0. The molecule has 9 nitrogen and oxygen atoms in total. The Morgan fingerprint density at radius 1 is 1.32 bits per heavy atom. The van der Waals surface area contributed by atoms with E-state index >= 15 is 0 Å². The molecule has 0 heterocycles. The van der Waals surface area contributed by atoms with Gasteiger partial charge in [0, 0.05) is 0 Å². The van der Waals surface area contributed by atoms with Crippen molar-refractivity contribution in [2.45, 2.75) is 37.3 Å². The molecular formula is C9H19F2NNaO8P. The topological polar surface area (TPSA) is 148 Å². The van der Waals surface area contributed by atoms with Gasteiger partial charge in [0.1, 0.15) is 12.2 Å². The van der Waals surface area contributed by atoms with Gasteiger partial charge in [0.05, 0.1) is 25.7 Å². The van der Waals surface area contributed by atoms with Crippen LogP contribution in [0.25, 0.3) is 0 Å². The van der Waals surface area contributed by atoms with Crippen LogP contribution in [0.4, 0.5) is 8.78 Å². The molecule has 0 fully saturated rings. The number of nitrogens with zero attached hydrogens (tertiary/aromatic N) is 1. The number of aliphatic hydroxyl groups is 3. The number of hydrogen-bond donors (Lipinski definition) is 5. The third-order valence-corrected chi connectivity index (χ3v) is 4.07. The molecule has 0 aromatic heterocycles. The van der Waals surface area contributed by atoms with Gasteiger partial charge in [-0.2, -0.15) is 8.78 Å². The SMILES string of the molecule is CCOP(=O)(O)C(F)(F)C[C@@H](O)[C@@H](O)[C@@H](O)CN(O)C=O.[NaH]. The molecule has 13 heteroatoms. The number of aliphatic hydroxyl groups excluding tert-OH is 3. The molecule has 0 aromatic carbocycles. The maximum absolute atomic E-state index is 13.5. The van der Waals surface area contributed by atoms with Crippen LogP contribution in [0.1, 0.15) is 13.3 Å². The zero-order valence-electron chi connectivity index (χ0n) is 11.0. The van der Waals surface area contributed by atoms with E-state index in [-0.39, 0.29) is 41.0 Å². The van der Waals surface area contributed by atoms with Crippen LogP contribution in [-0.2, 0) is 13.9 Å². The number of amides is 1. The second-order valence-corrected chi connectivity index (χ2v) is 6.11. The van der Waals surface area contributed by atoms with Gasteiger partial charge in [0.25, 0.3) is 0 Å². The molecule has 128 valence electrons. The first kappa shape index (κ1) is 24.6. The summed E-state index contributed by atoms with van der Waals surface area (Å²) in [5.41, 5.74) is -4.35. The summed E-state index contributed by atoms with van der Waals surface area (Å²) in [4.78, 5) is 19.1. The molecule has 0 radical (unpaired) electrons. The summed E-state index contributed by atoms with van der Waals surface area (Å²) in [5, 5.41) is 36.8. The van der Waals surface area contributed by atoms with Gasteiger partial charge in [-0.05, 0) is 6.92 Å². The minimum atomic E-state index is -5.35. The van der Waals surface area contributed by atoms with Crippen molar-refractivity contribution in [1.82, 2.24) is 5.06 Å². The zero-order chi connectivity index (χ0) is 16.8. The predicted molar refractivity (Wildman–Crippen MR) is 70.7 cm³/mol. The van der Waals surface area contributed by atoms with Gasteiger partial charge in [0.2, 0.25) is 6.41 Å². The first-order valence-corrected chi connectivity index (χ1v) is 7.36. The fourth-order valence-corrected chi connectivity index (χ4v) is 2.31. The molecule has 0 rings (SSSR count). The normalized spacial score (nSPS) is 18.5. The molecule has 0 spiro atoms. The van der Waals surface area contributed by atoms with E-state index in [2.05, 4.69) is 4.52 Å². The van der Waals surface area contributed by atoms with Gasteiger partial charge >= 0.3 is 42.8 Å². The Bertz CT molecular complexity index is 391. The standard InChI is InChI=1S/C9H18F2NO8P.Na.H/c1-2-20-21(18,19)9(10,11)3-6(14)8(16)7(15)4-12(17)5-13;;/h5-8,14-17H,2-4H2,1H3,(H,18,19);;/t6-,7+,8-;;/m1../s1. The Morgan fingerprint density at radius 2 is 1.82 bits per heavy atom. The van der Waals surface area contributed by atoms with Crippen molar-refractivity contribution in [3.63, 3.8) is 0 Å². The molecule has 0 aliphatic heterocycles. The minimum absolute atomic E-state index is 0.